The Hall–Kier alpha value is -2.22. The highest BCUT2D eigenvalue weighted by molar-refractivity contribution is 7.09. The second-order valence-corrected chi connectivity index (χ2v) is 7.36. The maximum absolute atomic E-state index is 12.6. The number of imidazole rings is 1. The number of nitrogens with zero attached hydrogens (tertiary/aromatic N) is 4. The SMILES string of the molecule is Cc1ncsc1CCC(=O)N1CCCC(c2nccn2CC(N)=O)C1. The van der Waals surface area contributed by atoms with Gasteiger partial charge in [-0.05, 0) is 26.2 Å². The van der Waals surface area contributed by atoms with E-state index < -0.39 is 0 Å². The van der Waals surface area contributed by atoms with Crippen LogP contribution in [0, 0.1) is 6.92 Å². The van der Waals surface area contributed by atoms with Crippen LogP contribution in [0.5, 0.6) is 0 Å². The predicted molar refractivity (Wildman–Crippen MR) is 95.1 cm³/mol. The summed E-state index contributed by atoms with van der Waals surface area (Å²) in [6.45, 7) is 3.54. The maximum atomic E-state index is 12.6. The molecular formula is C17H23N5O2S. The van der Waals surface area contributed by atoms with Gasteiger partial charge in [0.15, 0.2) is 0 Å². The highest BCUT2D eigenvalue weighted by atomic mass is 32.1. The van der Waals surface area contributed by atoms with E-state index in [4.69, 9.17) is 5.73 Å². The van der Waals surface area contributed by atoms with Crippen molar-refractivity contribution in [2.45, 2.75) is 45.1 Å². The molecule has 0 aliphatic carbocycles. The van der Waals surface area contributed by atoms with Gasteiger partial charge in [0.2, 0.25) is 11.8 Å². The molecular weight excluding hydrogens is 338 g/mol. The summed E-state index contributed by atoms with van der Waals surface area (Å²) < 4.78 is 1.79. The van der Waals surface area contributed by atoms with E-state index in [0.29, 0.717) is 13.0 Å². The molecule has 1 atom stereocenters. The predicted octanol–water partition coefficient (Wildman–Crippen LogP) is 1.47. The fourth-order valence-corrected chi connectivity index (χ4v) is 4.12. The van der Waals surface area contributed by atoms with Crippen molar-refractivity contribution in [1.82, 2.24) is 19.4 Å². The van der Waals surface area contributed by atoms with Gasteiger partial charge in [-0.25, -0.2) is 9.97 Å². The lowest BCUT2D eigenvalue weighted by molar-refractivity contribution is -0.132. The second kappa shape index (κ2) is 7.77. The Morgan fingerprint density at radius 1 is 1.40 bits per heavy atom. The van der Waals surface area contributed by atoms with Crippen LogP contribution in [-0.2, 0) is 22.6 Å². The highest BCUT2D eigenvalue weighted by Gasteiger charge is 2.27. The first-order chi connectivity index (χ1) is 12.0. The van der Waals surface area contributed by atoms with Crippen molar-refractivity contribution < 1.29 is 9.59 Å². The number of hydrogen-bond acceptors (Lipinski definition) is 5. The van der Waals surface area contributed by atoms with E-state index in [-0.39, 0.29) is 24.3 Å². The molecule has 1 aliphatic heterocycles. The van der Waals surface area contributed by atoms with Crippen LogP contribution >= 0.6 is 11.3 Å². The molecule has 0 aromatic carbocycles. The lowest BCUT2D eigenvalue weighted by atomic mass is 9.96. The van der Waals surface area contributed by atoms with Gasteiger partial charge in [-0.15, -0.1) is 11.3 Å². The lowest BCUT2D eigenvalue weighted by Crippen LogP contribution is -2.40. The van der Waals surface area contributed by atoms with E-state index in [1.807, 2.05) is 17.3 Å². The molecule has 3 rings (SSSR count). The van der Waals surface area contributed by atoms with Crippen molar-refractivity contribution >= 4 is 23.2 Å². The molecule has 25 heavy (non-hydrogen) atoms. The monoisotopic (exact) mass is 361 g/mol. The number of carbonyl (C=O) groups is 2. The summed E-state index contributed by atoms with van der Waals surface area (Å²) in [7, 11) is 0. The molecule has 2 aromatic heterocycles. The van der Waals surface area contributed by atoms with Gasteiger partial charge in [0, 0.05) is 42.7 Å². The smallest absolute Gasteiger partial charge is 0.237 e. The van der Waals surface area contributed by atoms with Crippen LogP contribution in [0.1, 0.15) is 41.6 Å². The number of likely N-dealkylation sites (tertiary alicyclic amines) is 1. The average molecular weight is 361 g/mol. The summed E-state index contributed by atoms with van der Waals surface area (Å²) in [5.74, 6) is 0.778. The van der Waals surface area contributed by atoms with Crippen molar-refractivity contribution in [3.63, 3.8) is 0 Å². The number of nitrogens with two attached hydrogens (primary N) is 1. The van der Waals surface area contributed by atoms with Crippen molar-refractivity contribution in [3.8, 4) is 0 Å². The molecule has 2 amide bonds. The average Bonchev–Trinajstić information content (AvgIpc) is 3.21. The molecule has 2 aromatic rings. The Morgan fingerprint density at radius 2 is 2.24 bits per heavy atom. The molecule has 1 unspecified atom stereocenters. The number of piperidine rings is 1. The lowest BCUT2D eigenvalue weighted by Gasteiger charge is -2.32. The Balaban J connectivity index is 1.61. The number of aromatic nitrogens is 3. The minimum Gasteiger partial charge on any atom is -0.368 e. The van der Waals surface area contributed by atoms with Crippen LogP contribution in [0.25, 0.3) is 0 Å². The van der Waals surface area contributed by atoms with E-state index in [1.54, 1.807) is 28.3 Å². The Kier molecular flexibility index (Phi) is 5.47. The maximum Gasteiger partial charge on any atom is 0.237 e. The third-order valence-corrected chi connectivity index (χ3v) is 5.62. The number of carbonyl (C=O) groups excluding carboxylic acids is 2. The normalized spacial score (nSPS) is 17.6. The summed E-state index contributed by atoms with van der Waals surface area (Å²) in [4.78, 5) is 35.5. The highest BCUT2D eigenvalue weighted by Crippen LogP contribution is 2.26. The summed E-state index contributed by atoms with van der Waals surface area (Å²) in [6, 6.07) is 0. The fraction of sp³-hybridized carbons (Fsp3) is 0.529. The van der Waals surface area contributed by atoms with Crippen molar-refractivity contribution in [2.24, 2.45) is 5.73 Å². The largest absolute Gasteiger partial charge is 0.368 e. The zero-order valence-electron chi connectivity index (χ0n) is 14.4. The van der Waals surface area contributed by atoms with E-state index in [2.05, 4.69) is 9.97 Å². The van der Waals surface area contributed by atoms with Crippen LogP contribution in [0.15, 0.2) is 17.9 Å². The molecule has 134 valence electrons. The summed E-state index contributed by atoms with van der Waals surface area (Å²) in [6.07, 6.45) is 6.62. The summed E-state index contributed by atoms with van der Waals surface area (Å²) in [5.41, 5.74) is 8.14. The molecule has 0 saturated carbocycles. The van der Waals surface area contributed by atoms with Gasteiger partial charge in [-0.3, -0.25) is 9.59 Å². The van der Waals surface area contributed by atoms with Crippen LogP contribution in [0.2, 0.25) is 0 Å². The van der Waals surface area contributed by atoms with Gasteiger partial charge in [0.05, 0.1) is 11.2 Å². The third kappa shape index (κ3) is 4.25. The number of thiazole rings is 1. The quantitative estimate of drug-likeness (QED) is 0.843. The Bertz CT molecular complexity index is 754. The zero-order valence-corrected chi connectivity index (χ0v) is 15.2. The number of aryl methyl sites for hydroxylation is 2. The topological polar surface area (TPSA) is 94.1 Å². The zero-order chi connectivity index (χ0) is 17.8. The van der Waals surface area contributed by atoms with Gasteiger partial charge < -0.3 is 15.2 Å². The van der Waals surface area contributed by atoms with Gasteiger partial charge >= 0.3 is 0 Å². The first-order valence-electron chi connectivity index (χ1n) is 8.50. The third-order valence-electron chi connectivity index (χ3n) is 4.62. The number of primary amides is 1. The molecule has 0 bridgehead atoms. The molecule has 1 fully saturated rings. The second-order valence-electron chi connectivity index (χ2n) is 6.42. The Morgan fingerprint density at radius 3 is 2.96 bits per heavy atom. The molecule has 2 N–H and O–H groups in total. The van der Waals surface area contributed by atoms with Gasteiger partial charge in [-0.2, -0.15) is 0 Å². The molecule has 1 saturated heterocycles. The van der Waals surface area contributed by atoms with Crippen molar-refractivity contribution in [3.05, 3.63) is 34.3 Å². The molecule has 0 spiro atoms. The summed E-state index contributed by atoms with van der Waals surface area (Å²) >= 11 is 1.61. The van der Waals surface area contributed by atoms with E-state index in [1.165, 1.54) is 4.88 Å². The van der Waals surface area contributed by atoms with Gasteiger partial charge in [0.1, 0.15) is 12.4 Å². The van der Waals surface area contributed by atoms with E-state index in [9.17, 15) is 9.59 Å². The molecule has 0 radical (unpaired) electrons. The van der Waals surface area contributed by atoms with E-state index in [0.717, 1.165) is 37.3 Å². The number of hydrogen-bond donors (Lipinski definition) is 1. The van der Waals surface area contributed by atoms with E-state index >= 15 is 0 Å². The van der Waals surface area contributed by atoms with Crippen molar-refractivity contribution in [1.29, 1.82) is 0 Å². The minimum absolute atomic E-state index is 0.129. The molecule has 1 aliphatic rings. The Labute approximate surface area is 150 Å². The van der Waals surface area contributed by atoms with Crippen molar-refractivity contribution in [2.75, 3.05) is 13.1 Å². The van der Waals surface area contributed by atoms with Crippen LogP contribution in [0.3, 0.4) is 0 Å². The van der Waals surface area contributed by atoms with Crippen LogP contribution in [-0.4, -0.2) is 44.3 Å². The summed E-state index contributed by atoms with van der Waals surface area (Å²) in [5, 5.41) is 0. The van der Waals surface area contributed by atoms with Crippen LogP contribution < -0.4 is 5.73 Å². The first-order valence-corrected chi connectivity index (χ1v) is 9.38. The van der Waals surface area contributed by atoms with Crippen LogP contribution in [0.4, 0.5) is 0 Å². The fourth-order valence-electron chi connectivity index (χ4n) is 3.34. The minimum atomic E-state index is -0.386. The standard InChI is InChI=1S/C17H23N5O2S/c1-12-14(25-11-20-12)4-5-16(24)21-7-2-3-13(9-21)17-19-6-8-22(17)10-15(18)23/h6,8,11,13H,2-5,7,9-10H2,1H3,(H2,18,23). The number of rotatable bonds is 6. The van der Waals surface area contributed by atoms with Gasteiger partial charge in [0.25, 0.3) is 0 Å². The van der Waals surface area contributed by atoms with Gasteiger partial charge in [-0.1, -0.05) is 0 Å². The molecule has 7 nitrogen and oxygen atoms in total. The molecule has 8 heteroatoms. The first kappa shape index (κ1) is 17.6. The number of amides is 2. The molecule has 3 heterocycles.